The lowest BCUT2D eigenvalue weighted by Gasteiger charge is -2.10. The number of hydrogen-bond acceptors (Lipinski definition) is 5. The molecule has 4 aromatic rings. The van der Waals surface area contributed by atoms with Crippen LogP contribution in [0.15, 0.2) is 60.8 Å². The number of nitro benzene ring substituents is 1. The number of nitrogens with zero attached hydrogens (tertiary/aromatic N) is 3. The van der Waals surface area contributed by atoms with Gasteiger partial charge in [0.15, 0.2) is 0 Å². The summed E-state index contributed by atoms with van der Waals surface area (Å²) in [5, 5.41) is 21.6. The van der Waals surface area contributed by atoms with Gasteiger partial charge in [-0.05, 0) is 17.7 Å². The van der Waals surface area contributed by atoms with Crippen molar-refractivity contribution in [1.29, 1.82) is 5.26 Å². The molecular weight excluding hydrogens is 342 g/mol. The molecule has 0 bridgehead atoms. The first-order valence-corrected chi connectivity index (χ1v) is 8.10. The molecule has 0 aliphatic heterocycles. The average Bonchev–Trinajstić information content (AvgIpc) is 3.11. The van der Waals surface area contributed by atoms with Crippen molar-refractivity contribution < 1.29 is 4.92 Å². The highest BCUT2D eigenvalue weighted by Crippen LogP contribution is 2.35. The summed E-state index contributed by atoms with van der Waals surface area (Å²) in [6.07, 6.45) is 1.83. The molecule has 0 saturated carbocycles. The van der Waals surface area contributed by atoms with Crippen LogP contribution in [0, 0.1) is 21.4 Å². The fourth-order valence-electron chi connectivity index (χ4n) is 3.12. The summed E-state index contributed by atoms with van der Waals surface area (Å²) < 4.78 is 0. The van der Waals surface area contributed by atoms with Gasteiger partial charge >= 0.3 is 0 Å². The fourth-order valence-corrected chi connectivity index (χ4v) is 3.12. The molecular formula is C20H13N5O2. The van der Waals surface area contributed by atoms with E-state index < -0.39 is 4.92 Å². The lowest BCUT2D eigenvalue weighted by Crippen LogP contribution is -2.00. The first-order valence-electron chi connectivity index (χ1n) is 8.10. The molecule has 0 aliphatic rings. The number of aromatic nitrogens is 2. The van der Waals surface area contributed by atoms with Gasteiger partial charge in [0.2, 0.25) is 0 Å². The largest absolute Gasteiger partial charge is 0.383 e. The smallest absolute Gasteiger partial charge is 0.270 e. The Morgan fingerprint density at radius 3 is 2.70 bits per heavy atom. The van der Waals surface area contributed by atoms with Crippen molar-refractivity contribution in [1.82, 2.24) is 9.97 Å². The van der Waals surface area contributed by atoms with E-state index in [-0.39, 0.29) is 17.1 Å². The number of pyridine rings is 1. The molecule has 0 fully saturated rings. The number of H-pyrrole nitrogens is 1. The number of benzene rings is 2. The molecule has 2 aromatic heterocycles. The Hall–Kier alpha value is -4.18. The number of hydrogen-bond donors (Lipinski definition) is 2. The summed E-state index contributed by atoms with van der Waals surface area (Å²) in [5.41, 5.74) is 9.61. The standard InChI is InChI=1S/C20H13N5O2/c21-10-16-15(12-4-3-5-13(8-12)25(26)27)9-19(24-20(16)22)17-11-23-18-7-2-1-6-14(17)18/h1-9,11,23H,(H2,22,24). The first-order chi connectivity index (χ1) is 13.1. The van der Waals surface area contributed by atoms with Crippen molar-refractivity contribution in [2.45, 2.75) is 0 Å². The Balaban J connectivity index is 1.96. The molecule has 0 saturated heterocycles. The normalized spacial score (nSPS) is 10.6. The van der Waals surface area contributed by atoms with Crippen molar-refractivity contribution >= 4 is 22.4 Å². The van der Waals surface area contributed by atoms with Gasteiger partial charge < -0.3 is 10.7 Å². The SMILES string of the molecule is N#Cc1c(-c2cccc([N+](=O)[O-])c2)cc(-c2c[nH]c3ccccc23)nc1N. The molecule has 0 aliphatic carbocycles. The molecule has 7 nitrogen and oxygen atoms in total. The second-order valence-electron chi connectivity index (χ2n) is 5.98. The number of nitrogens with one attached hydrogen (secondary N) is 1. The number of non-ortho nitro benzene ring substituents is 1. The quantitative estimate of drug-likeness (QED) is 0.420. The van der Waals surface area contributed by atoms with Crippen LogP contribution in [0.5, 0.6) is 0 Å². The minimum atomic E-state index is -0.472. The molecule has 0 atom stereocenters. The number of para-hydroxylation sites is 1. The van der Waals surface area contributed by atoms with Gasteiger partial charge in [0.05, 0.1) is 10.6 Å². The molecule has 7 heteroatoms. The number of nitriles is 1. The van der Waals surface area contributed by atoms with Crippen LogP contribution >= 0.6 is 0 Å². The van der Waals surface area contributed by atoms with E-state index in [4.69, 9.17) is 5.73 Å². The predicted octanol–water partition coefficient (Wildman–Crippen LogP) is 4.26. The third-order valence-corrected chi connectivity index (χ3v) is 4.39. The van der Waals surface area contributed by atoms with Crippen molar-refractivity contribution in [3.05, 3.63) is 76.5 Å². The topological polar surface area (TPSA) is 122 Å². The Labute approximate surface area is 153 Å². The van der Waals surface area contributed by atoms with Crippen LogP contribution in [0.25, 0.3) is 33.3 Å². The number of anilines is 1. The van der Waals surface area contributed by atoms with Crippen molar-refractivity contribution in [3.8, 4) is 28.5 Å². The molecule has 0 amide bonds. The molecule has 0 unspecified atom stereocenters. The predicted molar refractivity (Wildman–Crippen MR) is 103 cm³/mol. The van der Waals surface area contributed by atoms with Crippen LogP contribution in [-0.4, -0.2) is 14.9 Å². The molecule has 130 valence electrons. The number of nitro groups is 1. The average molecular weight is 355 g/mol. The molecule has 2 heterocycles. The Morgan fingerprint density at radius 1 is 1.11 bits per heavy atom. The van der Waals surface area contributed by atoms with E-state index >= 15 is 0 Å². The first kappa shape index (κ1) is 16.3. The van der Waals surface area contributed by atoms with E-state index in [1.165, 1.54) is 12.1 Å². The number of nitrogen functional groups attached to an aromatic ring is 1. The Bertz CT molecular complexity index is 1240. The zero-order valence-corrected chi connectivity index (χ0v) is 14.0. The van der Waals surface area contributed by atoms with Gasteiger partial charge in [-0.25, -0.2) is 4.98 Å². The number of aromatic amines is 1. The van der Waals surface area contributed by atoms with Crippen molar-refractivity contribution in [2.75, 3.05) is 5.73 Å². The van der Waals surface area contributed by atoms with Gasteiger partial charge in [-0.3, -0.25) is 10.1 Å². The maximum absolute atomic E-state index is 11.1. The molecule has 0 radical (unpaired) electrons. The number of rotatable bonds is 3. The van der Waals surface area contributed by atoms with Gasteiger partial charge in [0.1, 0.15) is 17.5 Å². The monoisotopic (exact) mass is 355 g/mol. The highest BCUT2D eigenvalue weighted by molar-refractivity contribution is 5.96. The van der Waals surface area contributed by atoms with Crippen LogP contribution < -0.4 is 5.73 Å². The van der Waals surface area contributed by atoms with Gasteiger partial charge in [0, 0.05) is 40.4 Å². The number of fused-ring (bicyclic) bond motifs is 1. The van der Waals surface area contributed by atoms with Crippen LogP contribution in [0.2, 0.25) is 0 Å². The molecule has 0 spiro atoms. The maximum Gasteiger partial charge on any atom is 0.270 e. The third kappa shape index (κ3) is 2.75. The summed E-state index contributed by atoms with van der Waals surface area (Å²) in [7, 11) is 0. The summed E-state index contributed by atoms with van der Waals surface area (Å²) in [6.45, 7) is 0. The van der Waals surface area contributed by atoms with Crippen molar-refractivity contribution in [2.24, 2.45) is 0 Å². The lowest BCUT2D eigenvalue weighted by molar-refractivity contribution is -0.384. The molecule has 27 heavy (non-hydrogen) atoms. The van der Waals surface area contributed by atoms with E-state index in [9.17, 15) is 15.4 Å². The van der Waals surface area contributed by atoms with E-state index in [0.717, 1.165) is 16.5 Å². The zero-order chi connectivity index (χ0) is 19.0. The van der Waals surface area contributed by atoms with Gasteiger partial charge in [-0.2, -0.15) is 5.26 Å². The van der Waals surface area contributed by atoms with E-state index in [1.807, 2.05) is 30.5 Å². The Morgan fingerprint density at radius 2 is 1.93 bits per heavy atom. The minimum absolute atomic E-state index is 0.0552. The van der Waals surface area contributed by atoms with E-state index in [0.29, 0.717) is 16.8 Å². The Kier molecular flexibility index (Phi) is 3.79. The van der Waals surface area contributed by atoms with Crippen LogP contribution in [-0.2, 0) is 0 Å². The second kappa shape index (κ2) is 6.28. The summed E-state index contributed by atoms with van der Waals surface area (Å²) in [5.74, 6) is 0.0850. The highest BCUT2D eigenvalue weighted by atomic mass is 16.6. The molecule has 3 N–H and O–H groups in total. The lowest BCUT2D eigenvalue weighted by atomic mass is 9.98. The van der Waals surface area contributed by atoms with E-state index in [1.54, 1.807) is 18.2 Å². The fraction of sp³-hybridized carbons (Fsp3) is 0. The van der Waals surface area contributed by atoms with Crippen LogP contribution in [0.4, 0.5) is 11.5 Å². The van der Waals surface area contributed by atoms with Gasteiger partial charge in [0.25, 0.3) is 5.69 Å². The maximum atomic E-state index is 11.1. The summed E-state index contributed by atoms with van der Waals surface area (Å²) >= 11 is 0. The summed E-state index contributed by atoms with van der Waals surface area (Å²) in [6, 6.07) is 17.7. The van der Waals surface area contributed by atoms with Gasteiger partial charge in [-0.15, -0.1) is 0 Å². The zero-order valence-electron chi connectivity index (χ0n) is 14.0. The third-order valence-electron chi connectivity index (χ3n) is 4.39. The van der Waals surface area contributed by atoms with Crippen LogP contribution in [0.1, 0.15) is 5.56 Å². The minimum Gasteiger partial charge on any atom is -0.383 e. The number of nitrogens with two attached hydrogens (primary N) is 1. The molecule has 4 rings (SSSR count). The van der Waals surface area contributed by atoms with E-state index in [2.05, 4.69) is 16.0 Å². The van der Waals surface area contributed by atoms with Crippen molar-refractivity contribution in [3.63, 3.8) is 0 Å². The highest BCUT2D eigenvalue weighted by Gasteiger charge is 2.17. The second-order valence-corrected chi connectivity index (χ2v) is 5.98. The summed E-state index contributed by atoms with van der Waals surface area (Å²) in [4.78, 5) is 18.2. The van der Waals surface area contributed by atoms with Gasteiger partial charge in [-0.1, -0.05) is 30.3 Å². The van der Waals surface area contributed by atoms with Crippen LogP contribution in [0.3, 0.4) is 0 Å². The molecule has 2 aromatic carbocycles.